The lowest BCUT2D eigenvalue weighted by atomic mass is 10.1. The highest BCUT2D eigenvalue weighted by atomic mass is 16.5. The minimum Gasteiger partial charge on any atom is -0.493 e. The lowest BCUT2D eigenvalue weighted by Gasteiger charge is -2.12. The van der Waals surface area contributed by atoms with Crippen LogP contribution in [-0.4, -0.2) is 35.5 Å². The number of anilines is 1. The van der Waals surface area contributed by atoms with Crippen LogP contribution >= 0.6 is 0 Å². The highest BCUT2D eigenvalue weighted by Gasteiger charge is 2.12. The molecule has 0 saturated heterocycles. The Kier molecular flexibility index (Phi) is 5.85. The topological polar surface area (TPSA) is 72.2 Å². The van der Waals surface area contributed by atoms with Crippen molar-refractivity contribution in [2.45, 2.75) is 0 Å². The Labute approximate surface area is 147 Å². The molecule has 0 unspecified atom stereocenters. The van der Waals surface area contributed by atoms with Crippen molar-refractivity contribution in [3.8, 4) is 40.6 Å². The van der Waals surface area contributed by atoms with Gasteiger partial charge < -0.3 is 29.4 Å². The molecule has 25 heavy (non-hydrogen) atoms. The van der Waals surface area contributed by atoms with Gasteiger partial charge in [0.25, 0.3) is 0 Å². The fourth-order valence-electron chi connectivity index (χ4n) is 2.30. The lowest BCUT2D eigenvalue weighted by molar-refractivity contribution is 0.324. The SMILES string of the molecule is COc1cc(N)c(C#Cc2cc(OC)c(OC)c(OC)c2)cc1OC. The van der Waals surface area contributed by atoms with Crippen LogP contribution in [0.3, 0.4) is 0 Å². The van der Waals surface area contributed by atoms with Gasteiger partial charge in [0, 0.05) is 17.7 Å². The molecular formula is C19H21NO5. The molecule has 2 rings (SSSR count). The highest BCUT2D eigenvalue weighted by molar-refractivity contribution is 5.65. The monoisotopic (exact) mass is 343 g/mol. The number of hydrogen-bond acceptors (Lipinski definition) is 6. The maximum absolute atomic E-state index is 6.04. The van der Waals surface area contributed by atoms with Crippen LogP contribution in [-0.2, 0) is 0 Å². The Balaban J connectivity index is 2.48. The second kappa shape index (κ2) is 8.06. The largest absolute Gasteiger partial charge is 0.493 e. The Bertz CT molecular complexity index is 796. The summed E-state index contributed by atoms with van der Waals surface area (Å²) in [5, 5.41) is 0. The molecule has 0 aliphatic rings. The van der Waals surface area contributed by atoms with Crippen LogP contribution in [0, 0.1) is 11.8 Å². The summed E-state index contributed by atoms with van der Waals surface area (Å²) in [5.41, 5.74) is 7.86. The van der Waals surface area contributed by atoms with Crippen LogP contribution in [0.1, 0.15) is 11.1 Å². The molecule has 2 N–H and O–H groups in total. The van der Waals surface area contributed by atoms with E-state index in [4.69, 9.17) is 29.4 Å². The summed E-state index contributed by atoms with van der Waals surface area (Å²) in [4.78, 5) is 0. The van der Waals surface area contributed by atoms with Gasteiger partial charge in [-0.05, 0) is 12.1 Å². The van der Waals surface area contributed by atoms with Crippen molar-refractivity contribution < 1.29 is 23.7 Å². The molecule has 0 amide bonds. The van der Waals surface area contributed by atoms with Gasteiger partial charge in [-0.2, -0.15) is 0 Å². The summed E-state index contributed by atoms with van der Waals surface area (Å²) < 4.78 is 26.5. The predicted octanol–water partition coefficient (Wildman–Crippen LogP) is 2.71. The first-order valence-corrected chi connectivity index (χ1v) is 7.41. The molecular weight excluding hydrogens is 322 g/mol. The van der Waals surface area contributed by atoms with Crippen LogP contribution in [0.5, 0.6) is 28.7 Å². The van der Waals surface area contributed by atoms with Crippen molar-refractivity contribution >= 4 is 5.69 Å². The first kappa shape index (κ1) is 18.1. The summed E-state index contributed by atoms with van der Waals surface area (Å²) in [6.45, 7) is 0. The molecule has 0 radical (unpaired) electrons. The molecule has 0 atom stereocenters. The molecule has 6 heteroatoms. The molecule has 0 aliphatic heterocycles. The van der Waals surface area contributed by atoms with Gasteiger partial charge in [-0.15, -0.1) is 0 Å². The van der Waals surface area contributed by atoms with E-state index < -0.39 is 0 Å². The zero-order valence-electron chi connectivity index (χ0n) is 14.9. The smallest absolute Gasteiger partial charge is 0.203 e. The highest BCUT2D eigenvalue weighted by Crippen LogP contribution is 2.38. The van der Waals surface area contributed by atoms with E-state index in [0.29, 0.717) is 45.6 Å². The Morgan fingerprint density at radius 3 is 1.64 bits per heavy atom. The maximum Gasteiger partial charge on any atom is 0.203 e. The molecule has 0 aliphatic carbocycles. The molecule has 132 valence electrons. The Morgan fingerprint density at radius 1 is 0.640 bits per heavy atom. The molecule has 0 heterocycles. The third-order valence-corrected chi connectivity index (χ3v) is 3.56. The number of benzene rings is 2. The summed E-state index contributed by atoms with van der Waals surface area (Å²) in [7, 11) is 7.78. The normalized spacial score (nSPS) is 9.64. The van der Waals surface area contributed by atoms with E-state index in [0.717, 1.165) is 0 Å². The van der Waals surface area contributed by atoms with E-state index in [1.807, 2.05) is 0 Å². The zero-order valence-corrected chi connectivity index (χ0v) is 14.9. The van der Waals surface area contributed by atoms with Gasteiger partial charge in [0.15, 0.2) is 23.0 Å². The third-order valence-electron chi connectivity index (χ3n) is 3.56. The summed E-state index contributed by atoms with van der Waals surface area (Å²) in [5.74, 6) is 8.78. The van der Waals surface area contributed by atoms with Crippen molar-refractivity contribution in [2.24, 2.45) is 0 Å². The number of ether oxygens (including phenoxy) is 5. The van der Waals surface area contributed by atoms with Crippen LogP contribution in [0.4, 0.5) is 5.69 Å². The van der Waals surface area contributed by atoms with Crippen LogP contribution in [0.25, 0.3) is 0 Å². The van der Waals surface area contributed by atoms with E-state index in [1.54, 1.807) is 59.8 Å². The molecule has 2 aromatic carbocycles. The van der Waals surface area contributed by atoms with Crippen molar-refractivity contribution in [3.05, 3.63) is 35.4 Å². The second-order valence-electron chi connectivity index (χ2n) is 4.96. The number of nitrogens with two attached hydrogens (primary N) is 1. The Hall–Kier alpha value is -3.20. The molecule has 0 bridgehead atoms. The van der Waals surface area contributed by atoms with E-state index in [1.165, 1.54) is 0 Å². The minimum atomic E-state index is 0.498. The first-order valence-electron chi connectivity index (χ1n) is 7.41. The van der Waals surface area contributed by atoms with Gasteiger partial charge in [-0.1, -0.05) is 11.8 Å². The molecule has 0 aromatic heterocycles. The van der Waals surface area contributed by atoms with E-state index in [-0.39, 0.29) is 0 Å². The van der Waals surface area contributed by atoms with Gasteiger partial charge >= 0.3 is 0 Å². The first-order chi connectivity index (χ1) is 12.1. The second-order valence-corrected chi connectivity index (χ2v) is 4.96. The zero-order chi connectivity index (χ0) is 18.4. The molecule has 0 spiro atoms. The minimum absolute atomic E-state index is 0.498. The number of hydrogen-bond donors (Lipinski definition) is 1. The lowest BCUT2D eigenvalue weighted by Crippen LogP contribution is -1.97. The quantitative estimate of drug-likeness (QED) is 0.665. The predicted molar refractivity (Wildman–Crippen MR) is 96.0 cm³/mol. The number of methoxy groups -OCH3 is 5. The van der Waals surface area contributed by atoms with Gasteiger partial charge in [-0.25, -0.2) is 0 Å². The van der Waals surface area contributed by atoms with Gasteiger partial charge in [0.1, 0.15) is 0 Å². The third kappa shape index (κ3) is 3.83. The maximum atomic E-state index is 6.04. The fourth-order valence-corrected chi connectivity index (χ4v) is 2.30. The van der Waals surface area contributed by atoms with Crippen LogP contribution in [0.15, 0.2) is 24.3 Å². The van der Waals surface area contributed by atoms with E-state index in [9.17, 15) is 0 Å². The average molecular weight is 343 g/mol. The van der Waals surface area contributed by atoms with Gasteiger partial charge in [-0.3, -0.25) is 0 Å². The van der Waals surface area contributed by atoms with Crippen LogP contribution < -0.4 is 29.4 Å². The van der Waals surface area contributed by atoms with Gasteiger partial charge in [0.05, 0.1) is 46.8 Å². The molecule has 0 saturated carbocycles. The standard InChI is InChI=1S/C19H21NO5/c1-21-15-10-13(14(20)11-16(15)22-2)7-6-12-8-17(23-3)19(25-5)18(9-12)24-4/h8-11H,20H2,1-5H3. The summed E-state index contributed by atoms with van der Waals surface area (Å²) in [6, 6.07) is 6.95. The molecule has 2 aromatic rings. The summed E-state index contributed by atoms with van der Waals surface area (Å²) >= 11 is 0. The fraction of sp³-hybridized carbons (Fsp3) is 0.263. The number of rotatable bonds is 5. The van der Waals surface area contributed by atoms with Gasteiger partial charge in [0.2, 0.25) is 5.75 Å². The Morgan fingerprint density at radius 2 is 1.16 bits per heavy atom. The average Bonchev–Trinajstić information content (AvgIpc) is 2.65. The van der Waals surface area contributed by atoms with Crippen molar-refractivity contribution in [1.82, 2.24) is 0 Å². The summed E-state index contributed by atoms with van der Waals surface area (Å²) in [6.07, 6.45) is 0. The van der Waals surface area contributed by atoms with E-state index >= 15 is 0 Å². The van der Waals surface area contributed by atoms with Crippen molar-refractivity contribution in [1.29, 1.82) is 0 Å². The number of nitrogen functional groups attached to an aromatic ring is 1. The van der Waals surface area contributed by atoms with Crippen LogP contribution in [0.2, 0.25) is 0 Å². The molecule has 6 nitrogen and oxygen atoms in total. The van der Waals surface area contributed by atoms with Crippen molar-refractivity contribution in [2.75, 3.05) is 41.3 Å². The van der Waals surface area contributed by atoms with Crippen molar-refractivity contribution in [3.63, 3.8) is 0 Å². The van der Waals surface area contributed by atoms with E-state index in [2.05, 4.69) is 11.8 Å². The molecule has 0 fully saturated rings.